The summed E-state index contributed by atoms with van der Waals surface area (Å²) >= 11 is 0. The second kappa shape index (κ2) is 4.11. The number of aryl methyl sites for hydroxylation is 1. The zero-order valence-electron chi connectivity index (χ0n) is 8.62. The van der Waals surface area contributed by atoms with Crippen molar-refractivity contribution in [3.05, 3.63) is 34.9 Å². The van der Waals surface area contributed by atoms with Crippen LogP contribution in [0.2, 0.25) is 0 Å². The molecule has 1 aromatic carbocycles. The molecule has 0 aromatic heterocycles. The van der Waals surface area contributed by atoms with Crippen LogP contribution in [0.5, 0.6) is 0 Å². The third-order valence-electron chi connectivity index (χ3n) is 2.99. The maximum absolute atomic E-state index is 5.90. The third kappa shape index (κ3) is 1.68. The first-order valence-electron chi connectivity index (χ1n) is 5.22. The molecule has 0 aliphatic heterocycles. The molecule has 1 aromatic rings. The van der Waals surface area contributed by atoms with Gasteiger partial charge in [-0.3, -0.25) is 0 Å². The van der Waals surface area contributed by atoms with Crippen molar-refractivity contribution in [1.29, 1.82) is 0 Å². The summed E-state index contributed by atoms with van der Waals surface area (Å²) in [5, 5.41) is 0. The quantitative estimate of drug-likeness (QED) is 0.727. The van der Waals surface area contributed by atoms with Crippen LogP contribution in [0.25, 0.3) is 0 Å². The normalized spacial score (nSPS) is 17.6. The molecular weight excluding hydrogens is 174 g/mol. The molecule has 0 fully saturated rings. The molecule has 14 heavy (non-hydrogen) atoms. The van der Waals surface area contributed by atoms with Crippen molar-refractivity contribution in [2.24, 2.45) is 5.73 Å². The van der Waals surface area contributed by atoms with Crippen LogP contribution in [0, 0.1) is 0 Å². The first-order chi connectivity index (χ1) is 6.83. The third-order valence-corrected chi connectivity index (χ3v) is 2.99. The Kier molecular flexibility index (Phi) is 2.85. The zero-order chi connectivity index (χ0) is 9.97. The van der Waals surface area contributed by atoms with Gasteiger partial charge in [0.1, 0.15) is 6.23 Å². The monoisotopic (exact) mass is 191 g/mol. The minimum atomic E-state index is -0.261. The highest BCUT2D eigenvalue weighted by molar-refractivity contribution is 5.38. The number of nitrogens with two attached hydrogens (primary N) is 1. The number of ether oxygens (including phenoxy) is 1. The van der Waals surface area contributed by atoms with Crippen molar-refractivity contribution >= 4 is 0 Å². The van der Waals surface area contributed by atoms with Gasteiger partial charge < -0.3 is 10.5 Å². The van der Waals surface area contributed by atoms with Crippen molar-refractivity contribution in [2.75, 3.05) is 7.11 Å². The summed E-state index contributed by atoms with van der Waals surface area (Å²) in [5.74, 6) is 0. The highest BCUT2D eigenvalue weighted by Crippen LogP contribution is 2.27. The van der Waals surface area contributed by atoms with Gasteiger partial charge in [0, 0.05) is 7.11 Å². The minimum absolute atomic E-state index is 0.261. The van der Waals surface area contributed by atoms with E-state index in [4.69, 9.17) is 10.5 Å². The van der Waals surface area contributed by atoms with E-state index in [0.29, 0.717) is 0 Å². The van der Waals surface area contributed by atoms with Crippen molar-refractivity contribution < 1.29 is 4.74 Å². The van der Waals surface area contributed by atoms with Gasteiger partial charge in [0.05, 0.1) is 0 Å². The highest BCUT2D eigenvalue weighted by atomic mass is 16.5. The molecule has 0 saturated heterocycles. The molecule has 1 aliphatic carbocycles. The Hall–Kier alpha value is -0.860. The van der Waals surface area contributed by atoms with Crippen LogP contribution in [0.3, 0.4) is 0 Å². The molecule has 2 heteroatoms. The fourth-order valence-corrected chi connectivity index (χ4v) is 2.20. The highest BCUT2D eigenvalue weighted by Gasteiger charge is 2.16. The molecule has 2 rings (SSSR count). The van der Waals surface area contributed by atoms with Crippen LogP contribution in [-0.2, 0) is 17.6 Å². The Bertz CT molecular complexity index is 322. The number of fused-ring (bicyclic) bond motifs is 1. The van der Waals surface area contributed by atoms with E-state index in [2.05, 4.69) is 18.2 Å². The molecule has 0 amide bonds. The predicted molar refractivity (Wildman–Crippen MR) is 57.0 cm³/mol. The largest absolute Gasteiger partial charge is 0.363 e. The number of methoxy groups -OCH3 is 1. The summed E-state index contributed by atoms with van der Waals surface area (Å²) in [5.41, 5.74) is 9.95. The Morgan fingerprint density at radius 3 is 2.86 bits per heavy atom. The van der Waals surface area contributed by atoms with Gasteiger partial charge >= 0.3 is 0 Å². The van der Waals surface area contributed by atoms with Gasteiger partial charge in [0.15, 0.2) is 0 Å². The maximum Gasteiger partial charge on any atom is 0.131 e. The molecule has 1 unspecified atom stereocenters. The summed E-state index contributed by atoms with van der Waals surface area (Å²) in [6, 6.07) is 6.37. The maximum atomic E-state index is 5.90. The first kappa shape index (κ1) is 9.69. The standard InChI is InChI=1S/C12H17NO/c1-14-12(13)11-8-4-6-9-5-2-3-7-10(9)11/h4,6,8,12H,2-3,5,7,13H2,1H3. The lowest BCUT2D eigenvalue weighted by Gasteiger charge is -2.21. The molecule has 2 N–H and O–H groups in total. The molecule has 76 valence electrons. The van der Waals surface area contributed by atoms with Crippen LogP contribution >= 0.6 is 0 Å². The van der Waals surface area contributed by atoms with E-state index in [9.17, 15) is 0 Å². The van der Waals surface area contributed by atoms with Crippen molar-refractivity contribution in [1.82, 2.24) is 0 Å². The van der Waals surface area contributed by atoms with Crippen molar-refractivity contribution in [3.63, 3.8) is 0 Å². The van der Waals surface area contributed by atoms with Gasteiger partial charge in [0.25, 0.3) is 0 Å². The van der Waals surface area contributed by atoms with Gasteiger partial charge in [-0.2, -0.15) is 0 Å². The smallest absolute Gasteiger partial charge is 0.131 e. The zero-order valence-corrected chi connectivity index (χ0v) is 8.62. The summed E-state index contributed by atoms with van der Waals surface area (Å²) in [4.78, 5) is 0. The summed E-state index contributed by atoms with van der Waals surface area (Å²) < 4.78 is 5.18. The van der Waals surface area contributed by atoms with Gasteiger partial charge in [-0.1, -0.05) is 18.2 Å². The molecule has 2 nitrogen and oxygen atoms in total. The second-order valence-corrected chi connectivity index (χ2v) is 3.85. The molecule has 0 saturated carbocycles. The van der Waals surface area contributed by atoms with E-state index >= 15 is 0 Å². The first-order valence-corrected chi connectivity index (χ1v) is 5.22. The van der Waals surface area contributed by atoms with Crippen molar-refractivity contribution in [2.45, 2.75) is 31.9 Å². The van der Waals surface area contributed by atoms with E-state index in [-0.39, 0.29) is 6.23 Å². The average molecular weight is 191 g/mol. The molecule has 0 spiro atoms. The van der Waals surface area contributed by atoms with E-state index in [1.165, 1.54) is 36.0 Å². The summed E-state index contributed by atoms with van der Waals surface area (Å²) in [7, 11) is 1.66. The summed E-state index contributed by atoms with van der Waals surface area (Å²) in [6.45, 7) is 0. The van der Waals surface area contributed by atoms with Crippen LogP contribution in [-0.4, -0.2) is 7.11 Å². The number of rotatable bonds is 2. The van der Waals surface area contributed by atoms with E-state index < -0.39 is 0 Å². The van der Waals surface area contributed by atoms with Gasteiger partial charge in [-0.15, -0.1) is 0 Å². The molecule has 1 aliphatic rings. The number of benzene rings is 1. The Morgan fingerprint density at radius 2 is 2.07 bits per heavy atom. The van der Waals surface area contributed by atoms with Crippen LogP contribution < -0.4 is 5.73 Å². The second-order valence-electron chi connectivity index (χ2n) is 3.85. The summed E-state index contributed by atoms with van der Waals surface area (Å²) in [6.07, 6.45) is 4.67. The van der Waals surface area contributed by atoms with Crippen LogP contribution in [0.15, 0.2) is 18.2 Å². The fourth-order valence-electron chi connectivity index (χ4n) is 2.20. The number of hydrogen-bond acceptors (Lipinski definition) is 2. The molecule has 0 heterocycles. The minimum Gasteiger partial charge on any atom is -0.363 e. The topological polar surface area (TPSA) is 35.2 Å². The lowest BCUT2D eigenvalue weighted by molar-refractivity contribution is 0.108. The van der Waals surface area contributed by atoms with Crippen LogP contribution in [0.4, 0.5) is 0 Å². The van der Waals surface area contributed by atoms with E-state index in [1.54, 1.807) is 7.11 Å². The Morgan fingerprint density at radius 1 is 1.29 bits per heavy atom. The molecule has 0 bridgehead atoms. The Balaban J connectivity index is 2.39. The van der Waals surface area contributed by atoms with E-state index in [0.717, 1.165) is 6.42 Å². The van der Waals surface area contributed by atoms with Crippen LogP contribution in [0.1, 0.15) is 35.8 Å². The van der Waals surface area contributed by atoms with Gasteiger partial charge in [0.2, 0.25) is 0 Å². The lowest BCUT2D eigenvalue weighted by atomic mass is 9.88. The fraction of sp³-hybridized carbons (Fsp3) is 0.500. The van der Waals surface area contributed by atoms with Gasteiger partial charge in [-0.05, 0) is 42.4 Å². The Labute approximate surface area is 85.1 Å². The SMILES string of the molecule is COC(N)c1cccc2c1CCCC2. The van der Waals surface area contributed by atoms with E-state index in [1.807, 2.05) is 0 Å². The average Bonchev–Trinajstić information content (AvgIpc) is 2.27. The van der Waals surface area contributed by atoms with Gasteiger partial charge in [-0.25, -0.2) is 0 Å². The molecule has 0 radical (unpaired) electrons. The molecular formula is C12H17NO. The van der Waals surface area contributed by atoms with Crippen molar-refractivity contribution in [3.8, 4) is 0 Å². The molecule has 1 atom stereocenters. The predicted octanol–water partition coefficient (Wildman–Crippen LogP) is 2.17. The number of hydrogen-bond donors (Lipinski definition) is 1. The lowest BCUT2D eigenvalue weighted by Crippen LogP contribution is -2.17.